The molecule has 1 heterocycles. The highest BCUT2D eigenvalue weighted by atomic mass is 19.3. The number of aryl methyl sites for hydroxylation is 2. The van der Waals surface area contributed by atoms with Crippen molar-refractivity contribution in [2.24, 2.45) is 17.4 Å². The third kappa shape index (κ3) is 5.15. The third-order valence-corrected chi connectivity index (χ3v) is 4.15. The minimum absolute atomic E-state index is 0.00332. The Hall–Kier alpha value is -3.30. The first-order valence-corrected chi connectivity index (χ1v) is 8.70. The molecule has 29 heavy (non-hydrogen) atoms. The lowest BCUT2D eigenvalue weighted by atomic mass is 9.98. The molecule has 0 aliphatic heterocycles. The lowest BCUT2D eigenvalue weighted by Crippen LogP contribution is -2.29. The molecule has 1 amide bonds. The second-order valence-electron chi connectivity index (χ2n) is 6.16. The topological polar surface area (TPSA) is 90.1 Å². The second kappa shape index (κ2) is 9.76. The van der Waals surface area contributed by atoms with Gasteiger partial charge in [-0.25, -0.2) is 8.78 Å². The van der Waals surface area contributed by atoms with Crippen LogP contribution >= 0.6 is 0 Å². The number of oxime groups is 2. The van der Waals surface area contributed by atoms with Gasteiger partial charge >= 0.3 is 0 Å². The van der Waals surface area contributed by atoms with Crippen LogP contribution in [0.4, 0.5) is 8.78 Å². The number of rotatable bonds is 8. The van der Waals surface area contributed by atoms with E-state index in [9.17, 15) is 13.6 Å². The zero-order valence-electron chi connectivity index (χ0n) is 16.9. The number of amides is 1. The molecule has 0 saturated carbocycles. The molecule has 10 heteroatoms. The molecular weight excluding hydrogens is 384 g/mol. The molecular formula is C19H23F2N5O3. The third-order valence-electron chi connectivity index (χ3n) is 4.15. The number of hydrogen-bond donors (Lipinski definition) is 1. The molecule has 2 aromatic rings. The largest absolute Gasteiger partial charge is 0.398 e. The van der Waals surface area contributed by atoms with E-state index in [1.54, 1.807) is 26.1 Å². The molecule has 2 rings (SSSR count). The van der Waals surface area contributed by atoms with Crippen molar-refractivity contribution in [2.75, 3.05) is 14.2 Å². The van der Waals surface area contributed by atoms with Crippen LogP contribution in [0.3, 0.4) is 0 Å². The number of benzene rings is 1. The summed E-state index contributed by atoms with van der Waals surface area (Å²) in [6.07, 6.45) is -1.27. The Bertz CT molecular complexity index is 938. The van der Waals surface area contributed by atoms with Crippen LogP contribution in [0.1, 0.15) is 41.3 Å². The van der Waals surface area contributed by atoms with Crippen molar-refractivity contribution in [3.05, 3.63) is 52.3 Å². The van der Waals surface area contributed by atoms with Crippen LogP contribution in [0, 0.1) is 6.92 Å². The molecule has 1 N–H and O–H groups in total. The monoisotopic (exact) mass is 407 g/mol. The van der Waals surface area contributed by atoms with Gasteiger partial charge in [0, 0.05) is 37.0 Å². The molecule has 0 bridgehead atoms. The van der Waals surface area contributed by atoms with Gasteiger partial charge in [-0.2, -0.15) is 5.10 Å². The van der Waals surface area contributed by atoms with Gasteiger partial charge in [-0.1, -0.05) is 28.5 Å². The Morgan fingerprint density at radius 3 is 2.66 bits per heavy atom. The van der Waals surface area contributed by atoms with Gasteiger partial charge < -0.3 is 15.0 Å². The van der Waals surface area contributed by atoms with E-state index in [1.165, 1.54) is 25.0 Å². The fourth-order valence-electron chi connectivity index (χ4n) is 2.73. The molecule has 0 fully saturated rings. The number of alkyl halides is 2. The standard InChI is InChI=1S/C19H23F2N5O3/c1-11-7-6-8-13(17(25-28-5)19(27)22-3)15(11)10-29-24-12(2)14-9-26(4)23-16(14)18(20)21/h6-9,18H,10H2,1-5H3,(H,22,27)/b24-12+,25-17+. The number of nitrogens with zero attached hydrogens (tertiary/aromatic N) is 4. The van der Waals surface area contributed by atoms with Crippen LogP contribution < -0.4 is 5.32 Å². The molecule has 0 aliphatic carbocycles. The van der Waals surface area contributed by atoms with E-state index in [-0.39, 0.29) is 29.3 Å². The number of nitrogens with one attached hydrogen (secondary N) is 1. The summed E-state index contributed by atoms with van der Waals surface area (Å²) in [6, 6.07) is 5.34. The van der Waals surface area contributed by atoms with Crippen LogP contribution in [0.25, 0.3) is 0 Å². The summed E-state index contributed by atoms with van der Waals surface area (Å²) in [5, 5.41) is 14.0. The van der Waals surface area contributed by atoms with E-state index in [1.807, 2.05) is 13.0 Å². The highest BCUT2D eigenvalue weighted by Crippen LogP contribution is 2.22. The average molecular weight is 407 g/mol. The zero-order valence-corrected chi connectivity index (χ0v) is 16.9. The van der Waals surface area contributed by atoms with Crippen molar-refractivity contribution < 1.29 is 23.3 Å². The zero-order chi connectivity index (χ0) is 21.6. The number of halogens is 2. The van der Waals surface area contributed by atoms with Crippen molar-refractivity contribution in [3.63, 3.8) is 0 Å². The highest BCUT2D eigenvalue weighted by Gasteiger charge is 2.21. The van der Waals surface area contributed by atoms with Crippen molar-refractivity contribution in [2.45, 2.75) is 26.9 Å². The SMILES string of the molecule is CNC(=O)/C(=N/OC)c1cccc(C)c1CO/N=C(\C)c1cn(C)nc1C(F)F. The molecule has 0 atom stereocenters. The first kappa shape index (κ1) is 22.0. The molecule has 8 nitrogen and oxygen atoms in total. The van der Waals surface area contributed by atoms with Crippen molar-refractivity contribution in [1.29, 1.82) is 0 Å². The van der Waals surface area contributed by atoms with Gasteiger partial charge in [0.1, 0.15) is 19.4 Å². The van der Waals surface area contributed by atoms with Gasteiger partial charge in [0.2, 0.25) is 0 Å². The second-order valence-corrected chi connectivity index (χ2v) is 6.16. The van der Waals surface area contributed by atoms with Gasteiger partial charge in [-0.05, 0) is 19.4 Å². The Morgan fingerprint density at radius 2 is 2.03 bits per heavy atom. The summed E-state index contributed by atoms with van der Waals surface area (Å²) < 4.78 is 27.6. The van der Waals surface area contributed by atoms with Crippen molar-refractivity contribution in [3.8, 4) is 0 Å². The summed E-state index contributed by atoms with van der Waals surface area (Å²) in [5.41, 5.74) is 2.24. The summed E-state index contributed by atoms with van der Waals surface area (Å²) in [4.78, 5) is 22.4. The smallest absolute Gasteiger partial charge is 0.282 e. The number of carbonyl (C=O) groups excluding carboxylic acids is 1. The molecule has 0 aliphatic rings. The lowest BCUT2D eigenvalue weighted by molar-refractivity contribution is -0.114. The van der Waals surface area contributed by atoms with Crippen LogP contribution in [-0.2, 0) is 28.1 Å². The number of aromatic nitrogens is 2. The van der Waals surface area contributed by atoms with E-state index in [0.29, 0.717) is 11.1 Å². The fourth-order valence-corrected chi connectivity index (χ4v) is 2.73. The van der Waals surface area contributed by atoms with Crippen LogP contribution in [0.5, 0.6) is 0 Å². The van der Waals surface area contributed by atoms with E-state index >= 15 is 0 Å². The van der Waals surface area contributed by atoms with E-state index in [0.717, 1.165) is 5.56 Å². The number of likely N-dealkylation sites (N-methyl/N-ethyl adjacent to an activating group) is 1. The normalized spacial score (nSPS) is 12.3. The molecule has 0 radical (unpaired) electrons. The summed E-state index contributed by atoms with van der Waals surface area (Å²) in [7, 11) is 4.39. The van der Waals surface area contributed by atoms with Crippen molar-refractivity contribution in [1.82, 2.24) is 15.1 Å². The van der Waals surface area contributed by atoms with Gasteiger partial charge in [0.15, 0.2) is 5.71 Å². The molecule has 0 spiro atoms. The van der Waals surface area contributed by atoms with Crippen LogP contribution in [0.2, 0.25) is 0 Å². The predicted molar refractivity (Wildman–Crippen MR) is 104 cm³/mol. The van der Waals surface area contributed by atoms with Crippen LogP contribution in [-0.4, -0.2) is 41.3 Å². The number of carbonyl (C=O) groups is 1. The lowest BCUT2D eigenvalue weighted by Gasteiger charge is -2.13. The van der Waals surface area contributed by atoms with Crippen molar-refractivity contribution >= 4 is 17.3 Å². The maximum Gasteiger partial charge on any atom is 0.282 e. The highest BCUT2D eigenvalue weighted by molar-refractivity contribution is 6.45. The molecule has 1 aromatic heterocycles. The van der Waals surface area contributed by atoms with Gasteiger partial charge in [-0.3, -0.25) is 9.48 Å². The first-order valence-electron chi connectivity index (χ1n) is 8.70. The van der Waals surface area contributed by atoms with Crippen LogP contribution in [0.15, 0.2) is 34.7 Å². The Kier molecular flexibility index (Phi) is 7.40. The van der Waals surface area contributed by atoms with E-state index in [2.05, 4.69) is 20.7 Å². The van der Waals surface area contributed by atoms with Gasteiger partial charge in [-0.15, -0.1) is 0 Å². The Labute approximate surface area is 167 Å². The van der Waals surface area contributed by atoms with E-state index < -0.39 is 12.3 Å². The summed E-state index contributed by atoms with van der Waals surface area (Å²) in [6.45, 7) is 3.41. The first-order chi connectivity index (χ1) is 13.8. The molecule has 0 unspecified atom stereocenters. The summed E-state index contributed by atoms with van der Waals surface area (Å²) >= 11 is 0. The molecule has 0 saturated heterocycles. The quantitative estimate of drug-likeness (QED) is 0.538. The Morgan fingerprint density at radius 1 is 1.31 bits per heavy atom. The molecule has 1 aromatic carbocycles. The summed E-state index contributed by atoms with van der Waals surface area (Å²) in [5.74, 6) is -0.421. The maximum atomic E-state index is 13.1. The average Bonchev–Trinajstić information content (AvgIpc) is 3.09. The number of hydrogen-bond acceptors (Lipinski definition) is 6. The van der Waals surface area contributed by atoms with E-state index in [4.69, 9.17) is 9.68 Å². The minimum Gasteiger partial charge on any atom is -0.398 e. The predicted octanol–water partition coefficient (Wildman–Crippen LogP) is 2.70. The fraction of sp³-hybridized carbons (Fsp3) is 0.368. The minimum atomic E-state index is -2.72. The van der Waals surface area contributed by atoms with Gasteiger partial charge in [0.05, 0.1) is 5.71 Å². The molecule has 156 valence electrons. The Balaban J connectivity index is 2.31. The maximum absolute atomic E-state index is 13.1. The van der Waals surface area contributed by atoms with Gasteiger partial charge in [0.25, 0.3) is 12.3 Å².